The monoisotopic (exact) mass is 202 g/mol. The van der Waals surface area contributed by atoms with E-state index in [2.05, 4.69) is 4.98 Å². The van der Waals surface area contributed by atoms with Crippen molar-refractivity contribution in [3.63, 3.8) is 0 Å². The third kappa shape index (κ3) is 1.61. The van der Waals surface area contributed by atoms with Crippen LogP contribution in [-0.4, -0.2) is 29.9 Å². The fraction of sp³-hybridized carbons (Fsp3) is 0.250. The first-order chi connectivity index (χ1) is 7.09. The maximum atomic E-state index is 11.8. The Balaban J connectivity index is 2.59. The van der Waals surface area contributed by atoms with E-state index in [1.807, 2.05) is 25.1 Å². The van der Waals surface area contributed by atoms with Crippen molar-refractivity contribution >= 4 is 16.8 Å². The van der Waals surface area contributed by atoms with Crippen LogP contribution in [-0.2, 0) is 0 Å². The van der Waals surface area contributed by atoms with E-state index in [0.717, 1.165) is 16.5 Å². The van der Waals surface area contributed by atoms with Crippen molar-refractivity contribution in [1.82, 2.24) is 9.88 Å². The van der Waals surface area contributed by atoms with Crippen LogP contribution in [0.25, 0.3) is 10.9 Å². The molecule has 15 heavy (non-hydrogen) atoms. The zero-order chi connectivity index (χ0) is 11.0. The topological polar surface area (TPSA) is 36.1 Å². The lowest BCUT2D eigenvalue weighted by molar-refractivity contribution is 0.0829. The van der Waals surface area contributed by atoms with Crippen molar-refractivity contribution in [3.05, 3.63) is 35.5 Å². The van der Waals surface area contributed by atoms with Crippen LogP contribution in [0.1, 0.15) is 15.9 Å². The zero-order valence-corrected chi connectivity index (χ0v) is 9.16. The SMILES string of the molecule is Cc1ccc2c(C(=O)N(C)C)c[nH]c2c1. The van der Waals surface area contributed by atoms with Crippen LogP contribution in [0.15, 0.2) is 24.4 Å². The molecule has 0 spiro atoms. The molecule has 0 radical (unpaired) electrons. The Morgan fingerprint density at radius 3 is 2.73 bits per heavy atom. The third-order valence-electron chi connectivity index (χ3n) is 2.47. The highest BCUT2D eigenvalue weighted by Gasteiger charge is 2.13. The van der Waals surface area contributed by atoms with Gasteiger partial charge in [-0.1, -0.05) is 12.1 Å². The van der Waals surface area contributed by atoms with E-state index < -0.39 is 0 Å². The molecule has 0 aliphatic rings. The molecule has 1 amide bonds. The fourth-order valence-electron chi connectivity index (χ4n) is 1.66. The van der Waals surface area contributed by atoms with Crippen molar-refractivity contribution in [1.29, 1.82) is 0 Å². The Kier molecular flexibility index (Phi) is 2.23. The Bertz CT molecular complexity index is 511. The second-order valence-electron chi connectivity index (χ2n) is 3.95. The second kappa shape index (κ2) is 3.42. The highest BCUT2D eigenvalue weighted by molar-refractivity contribution is 6.06. The number of fused-ring (bicyclic) bond motifs is 1. The Labute approximate surface area is 88.7 Å². The summed E-state index contributed by atoms with van der Waals surface area (Å²) in [6, 6.07) is 6.04. The van der Waals surface area contributed by atoms with Crippen molar-refractivity contribution in [2.24, 2.45) is 0 Å². The van der Waals surface area contributed by atoms with E-state index in [1.165, 1.54) is 5.56 Å². The van der Waals surface area contributed by atoms with E-state index in [-0.39, 0.29) is 5.91 Å². The first kappa shape index (κ1) is 9.77. The lowest BCUT2D eigenvalue weighted by Crippen LogP contribution is -2.21. The average molecular weight is 202 g/mol. The van der Waals surface area contributed by atoms with Crippen LogP contribution in [0.2, 0.25) is 0 Å². The summed E-state index contributed by atoms with van der Waals surface area (Å²) >= 11 is 0. The van der Waals surface area contributed by atoms with E-state index in [9.17, 15) is 4.79 Å². The summed E-state index contributed by atoms with van der Waals surface area (Å²) in [6.45, 7) is 2.04. The number of aromatic amines is 1. The van der Waals surface area contributed by atoms with Gasteiger partial charge in [0.25, 0.3) is 5.91 Å². The largest absolute Gasteiger partial charge is 0.360 e. The molecule has 0 bridgehead atoms. The van der Waals surface area contributed by atoms with Crippen molar-refractivity contribution in [2.45, 2.75) is 6.92 Å². The van der Waals surface area contributed by atoms with Crippen LogP contribution >= 0.6 is 0 Å². The number of aryl methyl sites for hydroxylation is 1. The number of amides is 1. The number of H-pyrrole nitrogens is 1. The van der Waals surface area contributed by atoms with E-state index in [0.29, 0.717) is 0 Å². The van der Waals surface area contributed by atoms with Gasteiger partial charge in [-0.15, -0.1) is 0 Å². The van der Waals surface area contributed by atoms with Crippen LogP contribution < -0.4 is 0 Å². The quantitative estimate of drug-likeness (QED) is 0.756. The molecule has 3 heteroatoms. The Morgan fingerprint density at radius 1 is 1.33 bits per heavy atom. The van der Waals surface area contributed by atoms with Gasteiger partial charge in [0.1, 0.15) is 0 Å². The fourth-order valence-corrected chi connectivity index (χ4v) is 1.66. The Morgan fingerprint density at radius 2 is 2.07 bits per heavy atom. The Hall–Kier alpha value is -1.77. The summed E-state index contributed by atoms with van der Waals surface area (Å²) in [4.78, 5) is 16.5. The molecular formula is C12H14N2O. The number of carbonyl (C=O) groups excluding carboxylic acids is 1. The third-order valence-corrected chi connectivity index (χ3v) is 2.47. The minimum Gasteiger partial charge on any atom is -0.360 e. The van der Waals surface area contributed by atoms with Gasteiger partial charge in [-0.3, -0.25) is 4.79 Å². The smallest absolute Gasteiger partial charge is 0.255 e. The lowest BCUT2D eigenvalue weighted by Gasteiger charge is -2.08. The molecular weight excluding hydrogens is 188 g/mol. The van der Waals surface area contributed by atoms with Crippen molar-refractivity contribution in [3.8, 4) is 0 Å². The summed E-state index contributed by atoms with van der Waals surface area (Å²) in [5.74, 6) is 0.0325. The van der Waals surface area contributed by atoms with Gasteiger partial charge < -0.3 is 9.88 Å². The summed E-state index contributed by atoms with van der Waals surface area (Å²) in [5, 5.41) is 0.985. The number of benzene rings is 1. The van der Waals surface area contributed by atoms with Crippen LogP contribution in [0, 0.1) is 6.92 Å². The molecule has 0 fully saturated rings. The van der Waals surface area contributed by atoms with Gasteiger partial charge in [-0.25, -0.2) is 0 Å². The minimum absolute atomic E-state index is 0.0325. The molecule has 0 unspecified atom stereocenters. The number of rotatable bonds is 1. The molecule has 1 N–H and O–H groups in total. The first-order valence-electron chi connectivity index (χ1n) is 4.89. The molecule has 2 rings (SSSR count). The normalized spacial score (nSPS) is 10.6. The highest BCUT2D eigenvalue weighted by atomic mass is 16.2. The molecule has 0 aliphatic carbocycles. The van der Waals surface area contributed by atoms with Gasteiger partial charge in [-0.2, -0.15) is 0 Å². The van der Waals surface area contributed by atoms with E-state index in [1.54, 1.807) is 25.2 Å². The number of hydrogen-bond donors (Lipinski definition) is 1. The van der Waals surface area contributed by atoms with Gasteiger partial charge in [-0.05, 0) is 18.6 Å². The first-order valence-corrected chi connectivity index (χ1v) is 4.89. The van der Waals surface area contributed by atoms with Gasteiger partial charge in [0, 0.05) is 31.2 Å². The predicted molar refractivity (Wildman–Crippen MR) is 61.1 cm³/mol. The van der Waals surface area contributed by atoms with Crippen LogP contribution in [0.3, 0.4) is 0 Å². The number of aromatic nitrogens is 1. The second-order valence-corrected chi connectivity index (χ2v) is 3.95. The van der Waals surface area contributed by atoms with Crippen molar-refractivity contribution < 1.29 is 4.79 Å². The molecule has 1 aromatic heterocycles. The molecule has 0 saturated heterocycles. The number of nitrogens with one attached hydrogen (secondary N) is 1. The molecule has 0 aliphatic heterocycles. The molecule has 0 saturated carbocycles. The molecule has 2 aromatic rings. The molecule has 1 heterocycles. The molecule has 0 atom stereocenters. The van der Waals surface area contributed by atoms with Crippen LogP contribution in [0.5, 0.6) is 0 Å². The summed E-state index contributed by atoms with van der Waals surface area (Å²) < 4.78 is 0. The number of carbonyl (C=O) groups is 1. The van der Waals surface area contributed by atoms with Crippen molar-refractivity contribution in [2.75, 3.05) is 14.1 Å². The summed E-state index contributed by atoms with van der Waals surface area (Å²) in [6.07, 6.45) is 1.77. The summed E-state index contributed by atoms with van der Waals surface area (Å²) in [7, 11) is 3.52. The van der Waals surface area contributed by atoms with E-state index in [4.69, 9.17) is 0 Å². The van der Waals surface area contributed by atoms with E-state index >= 15 is 0 Å². The van der Waals surface area contributed by atoms with Gasteiger partial charge in [0.15, 0.2) is 0 Å². The van der Waals surface area contributed by atoms with Crippen LogP contribution in [0.4, 0.5) is 0 Å². The molecule has 3 nitrogen and oxygen atoms in total. The highest BCUT2D eigenvalue weighted by Crippen LogP contribution is 2.20. The van der Waals surface area contributed by atoms with Gasteiger partial charge in [0.05, 0.1) is 5.56 Å². The number of hydrogen-bond acceptors (Lipinski definition) is 1. The average Bonchev–Trinajstić information content (AvgIpc) is 2.59. The van der Waals surface area contributed by atoms with Gasteiger partial charge >= 0.3 is 0 Å². The maximum absolute atomic E-state index is 11.8. The van der Waals surface area contributed by atoms with Gasteiger partial charge in [0.2, 0.25) is 0 Å². The number of nitrogens with zero attached hydrogens (tertiary/aromatic N) is 1. The standard InChI is InChI=1S/C12H14N2O/c1-8-4-5-9-10(12(15)14(2)3)7-13-11(9)6-8/h4-7,13H,1-3H3. The predicted octanol–water partition coefficient (Wildman–Crippen LogP) is 2.18. The summed E-state index contributed by atoms with van der Waals surface area (Å²) in [5.41, 5.74) is 2.93. The minimum atomic E-state index is 0.0325. The maximum Gasteiger partial charge on any atom is 0.255 e. The molecule has 1 aromatic carbocycles. The molecule has 78 valence electrons. The zero-order valence-electron chi connectivity index (χ0n) is 9.16. The lowest BCUT2D eigenvalue weighted by atomic mass is 10.1.